The first kappa shape index (κ1) is 17.0. The Hall–Kier alpha value is -1.47. The van der Waals surface area contributed by atoms with Crippen molar-refractivity contribution in [2.45, 2.75) is 57.0 Å². The fourth-order valence-corrected chi connectivity index (χ4v) is 4.56. The monoisotopic (exact) mass is 346 g/mol. The minimum atomic E-state index is 0.0495. The molecule has 138 valence electrons. The smallest absolute Gasteiger partial charge is 0.276 e. The van der Waals surface area contributed by atoms with Crippen molar-refractivity contribution >= 4 is 5.91 Å². The number of amides is 1. The van der Waals surface area contributed by atoms with Gasteiger partial charge in [0.1, 0.15) is 0 Å². The molecule has 0 spiro atoms. The number of hydrogen-bond acceptors (Lipinski definition) is 5. The van der Waals surface area contributed by atoms with E-state index < -0.39 is 0 Å². The van der Waals surface area contributed by atoms with Gasteiger partial charge in [-0.1, -0.05) is 18.1 Å². The number of nitrogens with one attached hydrogen (secondary N) is 1. The Labute approximate surface area is 149 Å². The van der Waals surface area contributed by atoms with Crippen LogP contribution in [-0.2, 0) is 0 Å². The van der Waals surface area contributed by atoms with Crippen molar-refractivity contribution in [3.63, 3.8) is 0 Å². The molecule has 3 aliphatic rings. The van der Waals surface area contributed by atoms with Crippen molar-refractivity contribution in [2.75, 3.05) is 39.3 Å². The summed E-state index contributed by atoms with van der Waals surface area (Å²) in [5.74, 6) is 0.0495. The van der Waals surface area contributed by atoms with Crippen LogP contribution < -0.4 is 5.32 Å². The number of rotatable bonds is 3. The third kappa shape index (κ3) is 3.87. The van der Waals surface area contributed by atoms with E-state index in [9.17, 15) is 4.79 Å². The second-order valence-electron chi connectivity index (χ2n) is 7.68. The van der Waals surface area contributed by atoms with Crippen LogP contribution in [0.1, 0.15) is 61.5 Å². The maximum atomic E-state index is 12.9. The molecule has 1 saturated carbocycles. The average Bonchev–Trinajstić information content (AvgIpc) is 3.30. The van der Waals surface area contributed by atoms with Crippen LogP contribution in [0.25, 0.3) is 0 Å². The van der Waals surface area contributed by atoms with Gasteiger partial charge in [0.2, 0.25) is 0 Å². The molecule has 0 bridgehead atoms. The summed E-state index contributed by atoms with van der Waals surface area (Å²) in [6, 6.07) is 1.12. The fourth-order valence-electron chi connectivity index (χ4n) is 4.56. The Balaban J connectivity index is 1.36. The number of piperidine rings is 1. The van der Waals surface area contributed by atoms with Crippen LogP contribution >= 0.6 is 0 Å². The maximum absolute atomic E-state index is 12.9. The molecule has 1 N–H and O–H groups in total. The van der Waals surface area contributed by atoms with Crippen molar-refractivity contribution in [2.24, 2.45) is 0 Å². The maximum Gasteiger partial charge on any atom is 0.276 e. The van der Waals surface area contributed by atoms with Gasteiger partial charge in [0, 0.05) is 32.2 Å². The summed E-state index contributed by atoms with van der Waals surface area (Å²) in [6.45, 7) is 5.79. The largest absolute Gasteiger partial charge is 0.336 e. The number of aromatic nitrogens is 3. The van der Waals surface area contributed by atoms with Gasteiger partial charge in [-0.15, -0.1) is 5.10 Å². The highest BCUT2D eigenvalue weighted by Gasteiger charge is 2.28. The van der Waals surface area contributed by atoms with Crippen molar-refractivity contribution < 1.29 is 4.79 Å². The molecule has 7 nitrogen and oxygen atoms in total. The highest BCUT2D eigenvalue weighted by atomic mass is 16.2. The van der Waals surface area contributed by atoms with Gasteiger partial charge in [0.15, 0.2) is 5.69 Å². The van der Waals surface area contributed by atoms with E-state index in [-0.39, 0.29) is 5.91 Å². The highest BCUT2D eigenvalue weighted by molar-refractivity contribution is 5.91. The molecule has 2 saturated heterocycles. The standard InChI is InChI=1S/C18H30N6O/c25-18(17-14-24(21-20-17)16-6-8-19-9-7-16)23-11-3-10-22(12-13-23)15-4-1-2-5-15/h14-16,19H,1-13H2. The van der Waals surface area contributed by atoms with Crippen molar-refractivity contribution in [1.29, 1.82) is 0 Å². The van der Waals surface area contributed by atoms with Crippen molar-refractivity contribution in [3.05, 3.63) is 11.9 Å². The Morgan fingerprint density at radius 3 is 2.56 bits per heavy atom. The van der Waals surface area contributed by atoms with E-state index in [2.05, 4.69) is 20.5 Å². The van der Waals surface area contributed by atoms with Crippen molar-refractivity contribution in [1.82, 2.24) is 30.1 Å². The predicted octanol–water partition coefficient (Wildman–Crippen LogP) is 1.29. The van der Waals surface area contributed by atoms with E-state index in [1.807, 2.05) is 15.8 Å². The highest BCUT2D eigenvalue weighted by Crippen LogP contribution is 2.24. The second-order valence-corrected chi connectivity index (χ2v) is 7.68. The first-order valence-electron chi connectivity index (χ1n) is 9.97. The normalized spacial score (nSPS) is 24.6. The molecule has 1 amide bonds. The minimum Gasteiger partial charge on any atom is -0.336 e. The Bertz CT molecular complexity index is 576. The Morgan fingerprint density at radius 1 is 0.960 bits per heavy atom. The molecule has 0 aromatic carbocycles. The molecule has 4 rings (SSSR count). The van der Waals surface area contributed by atoms with Crippen LogP contribution in [0.4, 0.5) is 0 Å². The summed E-state index contributed by atoms with van der Waals surface area (Å²) >= 11 is 0. The summed E-state index contributed by atoms with van der Waals surface area (Å²) in [5, 5.41) is 11.8. The summed E-state index contributed by atoms with van der Waals surface area (Å²) < 4.78 is 1.90. The van der Waals surface area contributed by atoms with Gasteiger partial charge >= 0.3 is 0 Å². The third-order valence-corrected chi connectivity index (χ3v) is 6.07. The molecule has 0 radical (unpaired) electrons. The molecule has 2 aliphatic heterocycles. The van der Waals surface area contributed by atoms with Gasteiger partial charge in [0.25, 0.3) is 5.91 Å². The first-order chi connectivity index (χ1) is 12.3. The van der Waals surface area contributed by atoms with Gasteiger partial charge in [-0.3, -0.25) is 9.69 Å². The van der Waals surface area contributed by atoms with E-state index in [1.54, 1.807) is 0 Å². The van der Waals surface area contributed by atoms with Gasteiger partial charge in [-0.05, 0) is 45.2 Å². The summed E-state index contributed by atoms with van der Waals surface area (Å²) in [4.78, 5) is 17.4. The fraction of sp³-hybridized carbons (Fsp3) is 0.833. The average molecular weight is 346 g/mol. The van der Waals surface area contributed by atoms with E-state index >= 15 is 0 Å². The summed E-state index contributed by atoms with van der Waals surface area (Å²) in [5.41, 5.74) is 0.507. The number of hydrogen-bond donors (Lipinski definition) is 1. The van der Waals surface area contributed by atoms with Gasteiger partial charge in [-0.2, -0.15) is 0 Å². The van der Waals surface area contributed by atoms with E-state index in [1.165, 1.54) is 25.7 Å². The van der Waals surface area contributed by atoms with Gasteiger partial charge in [0.05, 0.1) is 12.2 Å². The van der Waals surface area contributed by atoms with Gasteiger partial charge in [-0.25, -0.2) is 4.68 Å². The Morgan fingerprint density at radius 2 is 1.76 bits per heavy atom. The molecule has 3 fully saturated rings. The lowest BCUT2D eigenvalue weighted by Crippen LogP contribution is -2.38. The van der Waals surface area contributed by atoms with E-state index in [0.717, 1.165) is 64.6 Å². The van der Waals surface area contributed by atoms with Crippen LogP contribution in [0.3, 0.4) is 0 Å². The van der Waals surface area contributed by atoms with Crippen LogP contribution in [0.2, 0.25) is 0 Å². The molecular weight excluding hydrogens is 316 g/mol. The van der Waals surface area contributed by atoms with Crippen LogP contribution in [0.5, 0.6) is 0 Å². The molecule has 3 heterocycles. The molecule has 0 unspecified atom stereocenters. The number of nitrogens with zero attached hydrogens (tertiary/aromatic N) is 5. The summed E-state index contributed by atoms with van der Waals surface area (Å²) in [7, 11) is 0. The lowest BCUT2D eigenvalue weighted by atomic mass is 10.1. The van der Waals surface area contributed by atoms with Crippen LogP contribution in [-0.4, -0.2) is 76.0 Å². The zero-order valence-electron chi connectivity index (χ0n) is 15.1. The first-order valence-corrected chi connectivity index (χ1v) is 9.97. The SMILES string of the molecule is O=C(c1cn(C2CCNCC2)nn1)N1CCCN(C2CCCC2)CC1. The second kappa shape index (κ2) is 7.83. The molecule has 1 aliphatic carbocycles. The van der Waals surface area contributed by atoms with E-state index in [0.29, 0.717) is 11.7 Å². The van der Waals surface area contributed by atoms with Crippen LogP contribution in [0.15, 0.2) is 6.20 Å². The predicted molar refractivity (Wildman–Crippen MR) is 95.5 cm³/mol. The van der Waals surface area contributed by atoms with Gasteiger partial charge < -0.3 is 10.2 Å². The number of carbonyl (C=O) groups excluding carboxylic acids is 1. The van der Waals surface area contributed by atoms with E-state index in [4.69, 9.17) is 0 Å². The lowest BCUT2D eigenvalue weighted by Gasteiger charge is -2.27. The molecule has 7 heteroatoms. The third-order valence-electron chi connectivity index (χ3n) is 6.07. The lowest BCUT2D eigenvalue weighted by molar-refractivity contribution is 0.0752. The molecule has 1 aromatic rings. The minimum absolute atomic E-state index is 0.0495. The Kier molecular flexibility index (Phi) is 5.31. The zero-order valence-corrected chi connectivity index (χ0v) is 15.1. The number of carbonyl (C=O) groups is 1. The zero-order chi connectivity index (χ0) is 17.1. The topological polar surface area (TPSA) is 66.3 Å². The molecule has 1 aromatic heterocycles. The van der Waals surface area contributed by atoms with Crippen LogP contribution in [0, 0.1) is 0 Å². The summed E-state index contributed by atoms with van der Waals surface area (Å²) in [6.07, 6.45) is 10.4. The van der Waals surface area contributed by atoms with Crippen molar-refractivity contribution in [3.8, 4) is 0 Å². The molecule has 0 atom stereocenters. The molecular formula is C18H30N6O. The quantitative estimate of drug-likeness (QED) is 0.893. The molecule has 25 heavy (non-hydrogen) atoms.